The third kappa shape index (κ3) is 4.40. The number of halogens is 1. The molecule has 0 atom stereocenters. The first-order valence-electron chi connectivity index (χ1n) is 1.79. The molecule has 0 amide bonds. The summed E-state index contributed by atoms with van der Waals surface area (Å²) < 4.78 is 0. The van der Waals surface area contributed by atoms with Gasteiger partial charge in [0.2, 0.25) is 0 Å². The number of nitrogens with one attached hydrogen (secondary N) is 1. The van der Waals surface area contributed by atoms with Gasteiger partial charge in [0.05, 0.1) is 6.73 Å². The van der Waals surface area contributed by atoms with E-state index >= 15 is 0 Å². The minimum atomic E-state index is 0.0750. The van der Waals surface area contributed by atoms with Crippen molar-refractivity contribution in [3.8, 4) is 0 Å². The van der Waals surface area contributed by atoms with E-state index in [1.807, 2.05) is 0 Å². The van der Waals surface area contributed by atoms with E-state index in [-0.39, 0.29) is 6.73 Å². The number of hydrogen-bond acceptors (Lipinski definition) is 2. The van der Waals surface area contributed by atoms with E-state index in [4.69, 9.17) is 5.11 Å². The van der Waals surface area contributed by atoms with Crippen molar-refractivity contribution in [3.63, 3.8) is 0 Å². The second kappa shape index (κ2) is 5.40. The Morgan fingerprint density at radius 1 is 1.67 bits per heavy atom. The summed E-state index contributed by atoms with van der Waals surface area (Å²) in [7, 11) is 0. The van der Waals surface area contributed by atoms with Gasteiger partial charge in [-0.15, -0.1) is 0 Å². The highest BCUT2D eigenvalue weighted by Gasteiger charge is 1.73. The summed E-state index contributed by atoms with van der Waals surface area (Å²) in [5.41, 5.74) is 0. The highest BCUT2D eigenvalue weighted by molar-refractivity contribution is 9.09. The fourth-order valence-electron chi connectivity index (χ4n) is 0.146. The molecule has 2 nitrogen and oxygen atoms in total. The van der Waals surface area contributed by atoms with Crippen LogP contribution in [0.15, 0.2) is 0 Å². The van der Waals surface area contributed by atoms with Gasteiger partial charge >= 0.3 is 0 Å². The standard InChI is InChI=1S/C3H8BrNO/c4-1-2-5-3-6/h5-6H,1-3H2. The maximum Gasteiger partial charge on any atom is 0.0931 e. The van der Waals surface area contributed by atoms with Gasteiger partial charge < -0.3 is 5.11 Å². The fraction of sp³-hybridized carbons (Fsp3) is 1.00. The normalized spacial score (nSPS) is 9.00. The molecule has 0 aliphatic rings. The molecule has 0 radical (unpaired) electrons. The van der Waals surface area contributed by atoms with Crippen LogP contribution >= 0.6 is 15.9 Å². The molecule has 0 saturated carbocycles. The van der Waals surface area contributed by atoms with Crippen molar-refractivity contribution in [2.24, 2.45) is 0 Å². The zero-order valence-electron chi connectivity index (χ0n) is 3.45. The molecule has 0 spiro atoms. The van der Waals surface area contributed by atoms with E-state index in [9.17, 15) is 0 Å². The Hall–Kier alpha value is 0.400. The van der Waals surface area contributed by atoms with Crippen LogP contribution in [0, 0.1) is 0 Å². The van der Waals surface area contributed by atoms with E-state index in [0.717, 1.165) is 11.9 Å². The third-order valence-corrected chi connectivity index (χ3v) is 0.780. The van der Waals surface area contributed by atoms with Crippen LogP contribution in [0.3, 0.4) is 0 Å². The van der Waals surface area contributed by atoms with Crippen molar-refractivity contribution in [2.45, 2.75) is 0 Å². The predicted octanol–water partition coefficient (Wildman–Crippen LogP) is -0.0793. The van der Waals surface area contributed by atoms with Gasteiger partial charge in [-0.25, -0.2) is 0 Å². The van der Waals surface area contributed by atoms with Gasteiger partial charge in [-0.3, -0.25) is 5.32 Å². The number of aliphatic hydroxyl groups is 1. The van der Waals surface area contributed by atoms with Gasteiger partial charge in [0.15, 0.2) is 0 Å². The summed E-state index contributed by atoms with van der Waals surface area (Å²) in [5.74, 6) is 0. The van der Waals surface area contributed by atoms with Crippen LogP contribution in [-0.4, -0.2) is 23.7 Å². The summed E-state index contributed by atoms with van der Waals surface area (Å²) >= 11 is 3.18. The van der Waals surface area contributed by atoms with Crippen LogP contribution in [0.5, 0.6) is 0 Å². The van der Waals surface area contributed by atoms with E-state index in [1.54, 1.807) is 0 Å². The summed E-state index contributed by atoms with van der Waals surface area (Å²) in [6.07, 6.45) is 0. The predicted molar refractivity (Wildman–Crippen MR) is 28.9 cm³/mol. The minimum absolute atomic E-state index is 0.0750. The Morgan fingerprint density at radius 3 is 2.50 bits per heavy atom. The highest BCUT2D eigenvalue weighted by Crippen LogP contribution is 1.71. The molecule has 0 saturated heterocycles. The van der Waals surface area contributed by atoms with Gasteiger partial charge in [-0.05, 0) is 0 Å². The first kappa shape index (κ1) is 6.40. The third-order valence-electron chi connectivity index (χ3n) is 0.383. The molecule has 0 bridgehead atoms. The van der Waals surface area contributed by atoms with Crippen molar-refractivity contribution < 1.29 is 5.11 Å². The van der Waals surface area contributed by atoms with E-state index < -0.39 is 0 Å². The molecule has 3 heteroatoms. The lowest BCUT2D eigenvalue weighted by molar-refractivity contribution is 0.265. The SMILES string of the molecule is OCNCCBr. The largest absolute Gasteiger partial charge is 0.381 e. The van der Waals surface area contributed by atoms with Crippen LogP contribution in [0.25, 0.3) is 0 Å². The smallest absolute Gasteiger partial charge is 0.0931 e. The Morgan fingerprint density at radius 2 is 2.33 bits per heavy atom. The zero-order chi connectivity index (χ0) is 4.83. The van der Waals surface area contributed by atoms with Crippen molar-refractivity contribution in [2.75, 3.05) is 18.6 Å². The molecule has 0 aliphatic heterocycles. The van der Waals surface area contributed by atoms with Crippen LogP contribution in [0.2, 0.25) is 0 Å². The van der Waals surface area contributed by atoms with Gasteiger partial charge in [-0.1, -0.05) is 15.9 Å². The maximum absolute atomic E-state index is 8.07. The van der Waals surface area contributed by atoms with Gasteiger partial charge in [-0.2, -0.15) is 0 Å². The molecule has 0 aromatic rings. The molecule has 0 rings (SSSR count). The Labute approximate surface area is 45.7 Å². The first-order chi connectivity index (χ1) is 2.91. The zero-order valence-corrected chi connectivity index (χ0v) is 5.03. The first-order valence-corrected chi connectivity index (χ1v) is 2.91. The molecule has 38 valence electrons. The molecule has 0 aromatic carbocycles. The lowest BCUT2D eigenvalue weighted by Gasteiger charge is -1.90. The van der Waals surface area contributed by atoms with Crippen LogP contribution in [0.4, 0.5) is 0 Å². The summed E-state index contributed by atoms with van der Waals surface area (Å²) in [6.45, 7) is 0.905. The average Bonchev–Trinajstić information content (AvgIpc) is 1.61. The lowest BCUT2D eigenvalue weighted by atomic mass is 10.8. The Kier molecular flexibility index (Phi) is 5.76. The van der Waals surface area contributed by atoms with Crippen LogP contribution in [0.1, 0.15) is 0 Å². The monoisotopic (exact) mass is 153 g/mol. The van der Waals surface area contributed by atoms with E-state index in [0.29, 0.717) is 0 Å². The van der Waals surface area contributed by atoms with Crippen LogP contribution in [-0.2, 0) is 0 Å². The molecular weight excluding hydrogens is 146 g/mol. The quantitative estimate of drug-likeness (QED) is 0.338. The molecule has 0 fully saturated rings. The molecule has 2 N–H and O–H groups in total. The van der Waals surface area contributed by atoms with Crippen LogP contribution < -0.4 is 5.32 Å². The minimum Gasteiger partial charge on any atom is -0.381 e. The van der Waals surface area contributed by atoms with E-state index in [1.165, 1.54) is 0 Å². The van der Waals surface area contributed by atoms with Gasteiger partial charge in [0, 0.05) is 11.9 Å². The summed E-state index contributed by atoms with van der Waals surface area (Å²) in [6, 6.07) is 0. The molecule has 0 heterocycles. The van der Waals surface area contributed by atoms with Crippen molar-refractivity contribution in [1.82, 2.24) is 5.32 Å². The number of alkyl halides is 1. The van der Waals surface area contributed by atoms with E-state index in [2.05, 4.69) is 21.2 Å². The summed E-state index contributed by atoms with van der Waals surface area (Å²) in [5, 5.41) is 11.7. The Bertz CT molecular complexity index is 22.8. The molecule has 0 aliphatic carbocycles. The second-order valence-corrected chi connectivity index (χ2v) is 1.64. The highest BCUT2D eigenvalue weighted by atomic mass is 79.9. The molecule has 0 aromatic heterocycles. The topological polar surface area (TPSA) is 32.3 Å². The maximum atomic E-state index is 8.07. The second-order valence-electron chi connectivity index (χ2n) is 0.847. The van der Waals surface area contributed by atoms with Gasteiger partial charge in [0.1, 0.15) is 0 Å². The lowest BCUT2D eigenvalue weighted by Crippen LogP contribution is -2.16. The Balaban J connectivity index is 2.34. The van der Waals surface area contributed by atoms with Gasteiger partial charge in [0.25, 0.3) is 0 Å². The molecule has 6 heavy (non-hydrogen) atoms. The van der Waals surface area contributed by atoms with Crippen molar-refractivity contribution in [3.05, 3.63) is 0 Å². The summed E-state index contributed by atoms with van der Waals surface area (Å²) in [4.78, 5) is 0. The fourth-order valence-corrected chi connectivity index (χ4v) is 0.426. The number of aliphatic hydroxyl groups excluding tert-OH is 1. The molecular formula is C3H8BrNO. The van der Waals surface area contributed by atoms with Crippen molar-refractivity contribution >= 4 is 15.9 Å². The number of rotatable bonds is 3. The molecule has 0 unspecified atom stereocenters. The number of hydrogen-bond donors (Lipinski definition) is 2. The van der Waals surface area contributed by atoms with Crippen molar-refractivity contribution in [1.29, 1.82) is 0 Å². The average molecular weight is 154 g/mol.